The highest BCUT2D eigenvalue weighted by Gasteiger charge is 2.51. The van der Waals surface area contributed by atoms with Gasteiger partial charge in [-0.3, -0.25) is 9.48 Å². The third-order valence-corrected chi connectivity index (χ3v) is 7.53. The van der Waals surface area contributed by atoms with E-state index < -0.39 is 23.2 Å². The van der Waals surface area contributed by atoms with E-state index in [1.54, 1.807) is 9.58 Å². The molecule has 3 aromatic rings. The van der Waals surface area contributed by atoms with Gasteiger partial charge in [0.15, 0.2) is 0 Å². The lowest BCUT2D eigenvalue weighted by molar-refractivity contribution is -0.138. The Labute approximate surface area is 229 Å². The number of carbonyl (C=O) groups is 2. The number of ether oxygens (including phenoxy) is 1. The van der Waals surface area contributed by atoms with Crippen LogP contribution in [0.3, 0.4) is 0 Å². The molecule has 10 nitrogen and oxygen atoms in total. The van der Waals surface area contributed by atoms with Crippen LogP contribution in [-0.2, 0) is 17.5 Å². The van der Waals surface area contributed by atoms with E-state index in [-0.39, 0.29) is 46.7 Å². The molecule has 1 saturated heterocycles. The Morgan fingerprint density at radius 3 is 2.52 bits per heavy atom. The van der Waals surface area contributed by atoms with Crippen LogP contribution in [0, 0.1) is 5.41 Å². The highest BCUT2D eigenvalue weighted by atomic mass is 19.4. The van der Waals surface area contributed by atoms with Crippen LogP contribution in [0.2, 0.25) is 0 Å². The first-order valence-corrected chi connectivity index (χ1v) is 13.0. The number of nitrogens with zero attached hydrogens (tertiary/aromatic N) is 5. The van der Waals surface area contributed by atoms with Crippen LogP contribution in [0.4, 0.5) is 23.8 Å². The first-order valence-electron chi connectivity index (χ1n) is 13.0. The van der Waals surface area contributed by atoms with E-state index in [1.807, 2.05) is 20.8 Å². The second-order valence-corrected chi connectivity index (χ2v) is 11.7. The summed E-state index contributed by atoms with van der Waals surface area (Å²) in [6.45, 7) is 6.53. The molecule has 0 bridgehead atoms. The Morgan fingerprint density at radius 2 is 1.88 bits per heavy atom. The highest BCUT2D eigenvalue weighted by Crippen LogP contribution is 2.55. The predicted octanol–water partition coefficient (Wildman–Crippen LogP) is 4.46. The lowest BCUT2D eigenvalue weighted by Gasteiger charge is -2.45. The molecule has 2 fully saturated rings. The molecule has 1 aliphatic carbocycles. The molecule has 13 heteroatoms. The van der Waals surface area contributed by atoms with Gasteiger partial charge in [0.1, 0.15) is 22.7 Å². The standard InChI is InChI=1S/C27H32F3N7O3/c1-25(2,3)40-24(39)35-9-8-26(15-35)10-18(11-26)37-22(31)20(23(32)38)21(34-37)17-12-33-36(14-17)13-16-6-4-5-7-19(16)27(28,29)30/h4-7,12,14,18H,8-11,13,15,31H2,1-3H3,(H2,32,38). The number of nitrogen functional groups attached to an aromatic ring is 1. The highest BCUT2D eigenvalue weighted by molar-refractivity contribution is 6.03. The lowest BCUT2D eigenvalue weighted by Crippen LogP contribution is -2.43. The molecule has 1 aromatic carbocycles. The number of amides is 2. The molecule has 5 rings (SSSR count). The quantitative estimate of drug-likeness (QED) is 0.474. The van der Waals surface area contributed by atoms with Crippen molar-refractivity contribution in [3.05, 3.63) is 53.3 Å². The van der Waals surface area contributed by atoms with Gasteiger partial charge >= 0.3 is 12.3 Å². The predicted molar refractivity (Wildman–Crippen MR) is 140 cm³/mol. The van der Waals surface area contributed by atoms with Crippen molar-refractivity contribution in [2.45, 2.75) is 64.4 Å². The van der Waals surface area contributed by atoms with Crippen molar-refractivity contribution in [1.29, 1.82) is 0 Å². The maximum atomic E-state index is 13.4. The van der Waals surface area contributed by atoms with Crippen LogP contribution >= 0.6 is 0 Å². The number of alkyl halides is 3. The minimum atomic E-state index is -4.50. The van der Waals surface area contributed by atoms with E-state index in [2.05, 4.69) is 10.2 Å². The number of rotatable bonds is 5. The van der Waals surface area contributed by atoms with Crippen LogP contribution in [0.1, 0.15) is 67.6 Å². The average Bonchev–Trinajstić information content (AvgIpc) is 3.54. The van der Waals surface area contributed by atoms with Crippen molar-refractivity contribution in [2.75, 3.05) is 18.8 Å². The largest absolute Gasteiger partial charge is 0.444 e. The number of halogens is 3. The Balaban J connectivity index is 1.34. The van der Waals surface area contributed by atoms with E-state index in [4.69, 9.17) is 16.2 Å². The molecule has 0 atom stereocenters. The van der Waals surface area contributed by atoms with Crippen molar-refractivity contribution in [1.82, 2.24) is 24.5 Å². The second kappa shape index (κ2) is 9.56. The summed E-state index contributed by atoms with van der Waals surface area (Å²) in [6, 6.07) is 5.19. The third-order valence-electron chi connectivity index (χ3n) is 7.53. The van der Waals surface area contributed by atoms with Crippen LogP contribution in [-0.4, -0.2) is 55.2 Å². The Morgan fingerprint density at radius 1 is 1.18 bits per heavy atom. The molecule has 2 aliphatic rings. The zero-order chi connectivity index (χ0) is 29.0. The minimum absolute atomic E-state index is 0.0398. The maximum Gasteiger partial charge on any atom is 0.416 e. The van der Waals surface area contributed by atoms with Gasteiger partial charge in [0, 0.05) is 24.8 Å². The zero-order valence-corrected chi connectivity index (χ0v) is 22.5. The van der Waals surface area contributed by atoms with Gasteiger partial charge in [0.25, 0.3) is 5.91 Å². The number of benzene rings is 1. The second-order valence-electron chi connectivity index (χ2n) is 11.7. The molecule has 0 radical (unpaired) electrons. The van der Waals surface area contributed by atoms with Gasteiger partial charge in [-0.05, 0) is 57.1 Å². The van der Waals surface area contributed by atoms with E-state index in [9.17, 15) is 22.8 Å². The first kappa shape index (κ1) is 27.5. The Bertz CT molecular complexity index is 1450. The molecule has 3 heterocycles. The molecule has 214 valence electrons. The van der Waals surface area contributed by atoms with Gasteiger partial charge in [-0.2, -0.15) is 23.4 Å². The van der Waals surface area contributed by atoms with Crippen LogP contribution < -0.4 is 11.5 Å². The smallest absolute Gasteiger partial charge is 0.416 e. The summed E-state index contributed by atoms with van der Waals surface area (Å²) in [6.07, 6.45) is 0.358. The number of anilines is 1. The van der Waals surface area contributed by atoms with Crippen molar-refractivity contribution in [3.63, 3.8) is 0 Å². The van der Waals surface area contributed by atoms with Gasteiger partial charge < -0.3 is 21.1 Å². The third kappa shape index (κ3) is 5.24. The normalized spacial score (nSPS) is 21.1. The van der Waals surface area contributed by atoms with Crippen molar-refractivity contribution in [3.8, 4) is 11.3 Å². The van der Waals surface area contributed by atoms with E-state index in [0.29, 0.717) is 31.5 Å². The van der Waals surface area contributed by atoms with Crippen molar-refractivity contribution < 1.29 is 27.5 Å². The molecule has 4 N–H and O–H groups in total. The molecule has 0 unspecified atom stereocenters. The summed E-state index contributed by atoms with van der Waals surface area (Å²) in [5.74, 6) is -0.639. The zero-order valence-electron chi connectivity index (χ0n) is 22.5. The number of primary amides is 1. The lowest BCUT2D eigenvalue weighted by atomic mass is 9.65. The van der Waals surface area contributed by atoms with E-state index in [1.165, 1.54) is 35.3 Å². The number of hydrogen-bond acceptors (Lipinski definition) is 6. The number of nitrogens with two attached hydrogens (primary N) is 2. The summed E-state index contributed by atoms with van der Waals surface area (Å²) in [7, 11) is 0. The number of aromatic nitrogens is 4. The summed E-state index contributed by atoms with van der Waals surface area (Å²) in [5, 5.41) is 8.81. The van der Waals surface area contributed by atoms with Crippen LogP contribution in [0.15, 0.2) is 36.7 Å². The van der Waals surface area contributed by atoms with Gasteiger partial charge in [0.05, 0.1) is 24.3 Å². The van der Waals surface area contributed by atoms with Crippen LogP contribution in [0.5, 0.6) is 0 Å². The van der Waals surface area contributed by atoms with Crippen LogP contribution in [0.25, 0.3) is 11.3 Å². The number of hydrogen-bond donors (Lipinski definition) is 2. The molecule has 1 saturated carbocycles. The summed E-state index contributed by atoms with van der Waals surface area (Å²) in [5.41, 5.74) is 11.3. The van der Waals surface area contributed by atoms with E-state index >= 15 is 0 Å². The minimum Gasteiger partial charge on any atom is -0.444 e. The van der Waals surface area contributed by atoms with Crippen molar-refractivity contribution in [2.24, 2.45) is 11.1 Å². The topological polar surface area (TPSA) is 134 Å². The van der Waals surface area contributed by atoms with Gasteiger partial charge in [-0.1, -0.05) is 18.2 Å². The Hall–Kier alpha value is -4.03. The molecule has 1 aliphatic heterocycles. The van der Waals surface area contributed by atoms with Crippen molar-refractivity contribution >= 4 is 17.8 Å². The fourth-order valence-corrected chi connectivity index (χ4v) is 5.72. The fraction of sp³-hybridized carbons (Fsp3) is 0.481. The fourth-order valence-electron chi connectivity index (χ4n) is 5.72. The molecule has 1 spiro atoms. The molecule has 2 amide bonds. The van der Waals surface area contributed by atoms with Gasteiger partial charge in [0.2, 0.25) is 0 Å². The number of carbonyl (C=O) groups excluding carboxylic acids is 2. The molecular formula is C27H32F3N7O3. The summed E-state index contributed by atoms with van der Waals surface area (Å²) < 4.78 is 48.7. The Kier molecular flexibility index (Phi) is 6.58. The molecule has 40 heavy (non-hydrogen) atoms. The molecular weight excluding hydrogens is 527 g/mol. The first-order chi connectivity index (χ1) is 18.7. The van der Waals surface area contributed by atoms with Gasteiger partial charge in [-0.25, -0.2) is 9.48 Å². The maximum absolute atomic E-state index is 13.4. The monoisotopic (exact) mass is 559 g/mol. The average molecular weight is 560 g/mol. The summed E-state index contributed by atoms with van der Waals surface area (Å²) in [4.78, 5) is 26.6. The molecule has 2 aromatic heterocycles. The van der Waals surface area contributed by atoms with Gasteiger partial charge in [-0.15, -0.1) is 0 Å². The summed E-state index contributed by atoms with van der Waals surface area (Å²) >= 11 is 0. The van der Waals surface area contributed by atoms with E-state index in [0.717, 1.165) is 12.5 Å². The SMILES string of the molecule is CC(C)(C)OC(=O)N1CCC2(CC(n3nc(-c4cnn(Cc5ccccc5C(F)(F)F)c4)c(C(N)=O)c3N)C2)C1. The number of likely N-dealkylation sites (tertiary alicyclic amines) is 1.